The third-order valence-corrected chi connectivity index (χ3v) is 2.74. The van der Waals surface area contributed by atoms with Crippen molar-refractivity contribution in [2.45, 2.75) is 33.7 Å². The first-order valence-electron chi connectivity index (χ1n) is 6.15. The Morgan fingerprint density at radius 1 is 1.25 bits per heavy atom. The van der Waals surface area contributed by atoms with Gasteiger partial charge in [-0.3, -0.25) is 0 Å². The van der Waals surface area contributed by atoms with Gasteiger partial charge < -0.3 is 15.0 Å². The first-order valence-corrected chi connectivity index (χ1v) is 6.15. The molecule has 0 saturated carbocycles. The highest BCUT2D eigenvalue weighted by Gasteiger charge is 2.21. The summed E-state index contributed by atoms with van der Waals surface area (Å²) >= 11 is 0. The SMILES string of the molecule is COCC(NCC(C)(C)CN(C)C)C(C)C. The maximum atomic E-state index is 5.24. The standard InChI is InChI=1S/C13H30N2O/c1-11(2)12(8-16-7)14-9-13(3,4)10-15(5)6/h11-12,14H,8-10H2,1-7H3. The maximum absolute atomic E-state index is 5.24. The quantitative estimate of drug-likeness (QED) is 0.688. The number of methoxy groups -OCH3 is 1. The maximum Gasteiger partial charge on any atom is 0.0618 e. The van der Waals surface area contributed by atoms with Gasteiger partial charge in [0, 0.05) is 26.2 Å². The molecule has 1 atom stereocenters. The van der Waals surface area contributed by atoms with Gasteiger partial charge in [-0.15, -0.1) is 0 Å². The van der Waals surface area contributed by atoms with Crippen LogP contribution in [0.4, 0.5) is 0 Å². The van der Waals surface area contributed by atoms with Crippen molar-refractivity contribution in [1.29, 1.82) is 0 Å². The van der Waals surface area contributed by atoms with Gasteiger partial charge in [-0.2, -0.15) is 0 Å². The molecular weight excluding hydrogens is 200 g/mol. The summed E-state index contributed by atoms with van der Waals surface area (Å²) in [5.41, 5.74) is 0.296. The van der Waals surface area contributed by atoms with Gasteiger partial charge in [0.1, 0.15) is 0 Å². The van der Waals surface area contributed by atoms with E-state index in [1.807, 2.05) is 0 Å². The van der Waals surface area contributed by atoms with Crippen molar-refractivity contribution in [2.75, 3.05) is 40.9 Å². The highest BCUT2D eigenvalue weighted by Crippen LogP contribution is 2.15. The van der Waals surface area contributed by atoms with Crippen molar-refractivity contribution >= 4 is 0 Å². The zero-order valence-corrected chi connectivity index (χ0v) is 12.1. The summed E-state index contributed by atoms with van der Waals surface area (Å²) < 4.78 is 5.24. The molecule has 3 nitrogen and oxygen atoms in total. The average molecular weight is 230 g/mol. The summed E-state index contributed by atoms with van der Waals surface area (Å²) in [7, 11) is 6.01. The molecule has 0 aliphatic heterocycles. The van der Waals surface area contributed by atoms with Crippen molar-refractivity contribution in [3.8, 4) is 0 Å². The molecule has 0 aliphatic carbocycles. The zero-order valence-electron chi connectivity index (χ0n) is 12.1. The number of ether oxygens (including phenoxy) is 1. The molecule has 0 aromatic rings. The Labute approximate surface area is 102 Å². The van der Waals surface area contributed by atoms with Gasteiger partial charge in [-0.05, 0) is 25.4 Å². The third-order valence-electron chi connectivity index (χ3n) is 2.74. The minimum absolute atomic E-state index is 0.296. The molecule has 1 unspecified atom stereocenters. The Morgan fingerprint density at radius 3 is 2.19 bits per heavy atom. The summed E-state index contributed by atoms with van der Waals surface area (Å²) in [4.78, 5) is 2.24. The van der Waals surface area contributed by atoms with Gasteiger partial charge in [0.15, 0.2) is 0 Å². The lowest BCUT2D eigenvalue weighted by Crippen LogP contribution is -2.45. The van der Waals surface area contributed by atoms with E-state index in [9.17, 15) is 0 Å². The predicted molar refractivity (Wildman–Crippen MR) is 70.8 cm³/mol. The number of hydrogen-bond acceptors (Lipinski definition) is 3. The van der Waals surface area contributed by atoms with Gasteiger partial charge in [0.25, 0.3) is 0 Å². The van der Waals surface area contributed by atoms with Crippen LogP contribution in [0.5, 0.6) is 0 Å². The molecule has 0 aliphatic rings. The Bertz CT molecular complexity index is 179. The van der Waals surface area contributed by atoms with Crippen LogP contribution in [-0.4, -0.2) is 51.8 Å². The molecule has 1 N–H and O–H groups in total. The van der Waals surface area contributed by atoms with Crippen molar-refractivity contribution in [1.82, 2.24) is 10.2 Å². The van der Waals surface area contributed by atoms with Crippen LogP contribution in [0.25, 0.3) is 0 Å². The third kappa shape index (κ3) is 7.20. The smallest absolute Gasteiger partial charge is 0.0618 e. The van der Waals surface area contributed by atoms with E-state index in [2.05, 4.69) is 52.0 Å². The average Bonchev–Trinajstić information content (AvgIpc) is 2.09. The Hall–Kier alpha value is -0.120. The lowest BCUT2D eigenvalue weighted by Gasteiger charge is -2.32. The molecule has 16 heavy (non-hydrogen) atoms. The van der Waals surface area contributed by atoms with E-state index < -0.39 is 0 Å². The summed E-state index contributed by atoms with van der Waals surface area (Å²) in [6, 6.07) is 0.450. The largest absolute Gasteiger partial charge is 0.383 e. The van der Waals surface area contributed by atoms with Gasteiger partial charge in [-0.1, -0.05) is 27.7 Å². The second-order valence-corrected chi connectivity index (χ2v) is 6.09. The Morgan fingerprint density at radius 2 is 1.81 bits per heavy atom. The van der Waals surface area contributed by atoms with Crippen molar-refractivity contribution < 1.29 is 4.74 Å². The summed E-state index contributed by atoms with van der Waals surface area (Å²) in [5, 5.41) is 3.61. The summed E-state index contributed by atoms with van der Waals surface area (Å²) in [5.74, 6) is 0.607. The topological polar surface area (TPSA) is 24.5 Å². The minimum Gasteiger partial charge on any atom is -0.383 e. The van der Waals surface area contributed by atoms with Crippen LogP contribution in [0.3, 0.4) is 0 Å². The molecule has 0 saturated heterocycles. The molecule has 3 heteroatoms. The van der Waals surface area contributed by atoms with Crippen LogP contribution in [0.1, 0.15) is 27.7 Å². The van der Waals surface area contributed by atoms with E-state index in [-0.39, 0.29) is 0 Å². The Kier molecular flexibility index (Phi) is 7.20. The Balaban J connectivity index is 4.07. The highest BCUT2D eigenvalue weighted by atomic mass is 16.5. The molecule has 0 bridgehead atoms. The van der Waals surface area contributed by atoms with E-state index in [1.165, 1.54) is 0 Å². The lowest BCUT2D eigenvalue weighted by molar-refractivity contribution is 0.134. The zero-order chi connectivity index (χ0) is 12.8. The predicted octanol–water partition coefficient (Wildman–Crippen LogP) is 1.83. The number of hydrogen-bond donors (Lipinski definition) is 1. The first kappa shape index (κ1) is 15.9. The van der Waals surface area contributed by atoms with Crippen LogP contribution in [0.2, 0.25) is 0 Å². The minimum atomic E-state index is 0.296. The molecule has 0 heterocycles. The molecule has 0 radical (unpaired) electrons. The molecule has 0 rings (SSSR count). The van der Waals surface area contributed by atoms with Gasteiger partial charge >= 0.3 is 0 Å². The molecule has 0 aromatic heterocycles. The number of nitrogens with zero attached hydrogens (tertiary/aromatic N) is 1. The second kappa shape index (κ2) is 7.25. The monoisotopic (exact) mass is 230 g/mol. The fourth-order valence-corrected chi connectivity index (χ4v) is 1.99. The molecule has 0 amide bonds. The van der Waals surface area contributed by atoms with E-state index in [0.29, 0.717) is 17.4 Å². The van der Waals surface area contributed by atoms with Gasteiger partial charge in [0.05, 0.1) is 6.61 Å². The highest BCUT2D eigenvalue weighted by molar-refractivity contribution is 4.78. The van der Waals surface area contributed by atoms with E-state index >= 15 is 0 Å². The normalized spacial score (nSPS) is 14.8. The molecule has 98 valence electrons. The van der Waals surface area contributed by atoms with Crippen molar-refractivity contribution in [2.24, 2.45) is 11.3 Å². The van der Waals surface area contributed by atoms with Crippen molar-refractivity contribution in [3.05, 3.63) is 0 Å². The van der Waals surface area contributed by atoms with Crippen molar-refractivity contribution in [3.63, 3.8) is 0 Å². The molecule has 0 aromatic carbocycles. The van der Waals surface area contributed by atoms with Crippen LogP contribution in [0.15, 0.2) is 0 Å². The fraction of sp³-hybridized carbons (Fsp3) is 1.00. The van der Waals surface area contributed by atoms with Crippen LogP contribution in [0, 0.1) is 11.3 Å². The lowest BCUT2D eigenvalue weighted by atomic mass is 9.92. The van der Waals surface area contributed by atoms with E-state index in [0.717, 1.165) is 19.7 Å². The van der Waals surface area contributed by atoms with Crippen LogP contribution >= 0.6 is 0 Å². The van der Waals surface area contributed by atoms with Crippen LogP contribution < -0.4 is 5.32 Å². The first-order chi connectivity index (χ1) is 7.28. The van der Waals surface area contributed by atoms with Crippen LogP contribution in [-0.2, 0) is 4.74 Å². The molecular formula is C13H30N2O. The van der Waals surface area contributed by atoms with Gasteiger partial charge in [0.2, 0.25) is 0 Å². The number of nitrogens with one attached hydrogen (secondary N) is 1. The molecule has 0 spiro atoms. The number of rotatable bonds is 8. The summed E-state index contributed by atoms with van der Waals surface area (Å²) in [6.45, 7) is 12.0. The van der Waals surface area contributed by atoms with E-state index in [4.69, 9.17) is 4.74 Å². The molecule has 0 fully saturated rings. The van der Waals surface area contributed by atoms with E-state index in [1.54, 1.807) is 7.11 Å². The second-order valence-electron chi connectivity index (χ2n) is 6.09. The summed E-state index contributed by atoms with van der Waals surface area (Å²) in [6.07, 6.45) is 0. The fourth-order valence-electron chi connectivity index (χ4n) is 1.99. The van der Waals surface area contributed by atoms with Gasteiger partial charge in [-0.25, -0.2) is 0 Å².